The number of allylic oxidation sites excluding steroid dienone is 1. The molecule has 0 radical (unpaired) electrons. The van der Waals surface area contributed by atoms with Gasteiger partial charge in [0.1, 0.15) is 28.9 Å². The monoisotopic (exact) mass is 400 g/mol. The van der Waals surface area contributed by atoms with Gasteiger partial charge in [0, 0.05) is 13.2 Å². The number of anilines is 1. The molecule has 0 saturated heterocycles. The number of benzene rings is 1. The number of aryl methyl sites for hydroxylation is 1. The Hall–Kier alpha value is -3.09. The molecule has 2 aromatic rings. The van der Waals surface area contributed by atoms with Gasteiger partial charge in [-0.15, -0.1) is 11.8 Å². The standard InChI is InChI=1S/C19H20N4O4S/c1-12-5-15(26-3)19(16(6-12)27-11-25-2)14(24)7-18(28-4)23-17-10-21-13(8-20)9-22-17/h5-7,9-10H,11H2,1-4H3,(H,22,23)/b18-7-. The molecular formula is C19H20N4O4S. The van der Waals surface area contributed by atoms with Crippen molar-refractivity contribution in [3.05, 3.63) is 52.5 Å². The lowest BCUT2D eigenvalue weighted by Crippen LogP contribution is -2.09. The average molecular weight is 400 g/mol. The van der Waals surface area contributed by atoms with Crippen molar-refractivity contribution in [3.8, 4) is 17.6 Å². The van der Waals surface area contributed by atoms with Gasteiger partial charge in [-0.2, -0.15) is 5.26 Å². The van der Waals surface area contributed by atoms with E-state index in [1.165, 1.54) is 44.5 Å². The Labute approximate surface area is 167 Å². The molecule has 0 unspecified atom stereocenters. The maximum atomic E-state index is 13.0. The summed E-state index contributed by atoms with van der Waals surface area (Å²) in [5, 5.41) is 12.3. The highest BCUT2D eigenvalue weighted by molar-refractivity contribution is 8.02. The van der Waals surface area contributed by atoms with Crippen LogP contribution in [0.5, 0.6) is 11.5 Å². The van der Waals surface area contributed by atoms with Crippen molar-refractivity contribution < 1.29 is 19.0 Å². The maximum Gasteiger partial charge on any atom is 0.195 e. The number of carbonyl (C=O) groups is 1. The number of nitriles is 1. The van der Waals surface area contributed by atoms with E-state index < -0.39 is 0 Å². The number of rotatable bonds is 9. The van der Waals surface area contributed by atoms with Crippen molar-refractivity contribution in [3.63, 3.8) is 0 Å². The van der Waals surface area contributed by atoms with E-state index in [1.807, 2.05) is 19.2 Å². The number of methoxy groups -OCH3 is 2. The van der Waals surface area contributed by atoms with Crippen LogP contribution < -0.4 is 14.8 Å². The van der Waals surface area contributed by atoms with Crippen molar-refractivity contribution in [1.82, 2.24) is 9.97 Å². The zero-order valence-electron chi connectivity index (χ0n) is 16.0. The third-order valence-electron chi connectivity index (χ3n) is 3.51. The van der Waals surface area contributed by atoms with Crippen LogP contribution in [0, 0.1) is 18.3 Å². The lowest BCUT2D eigenvalue weighted by molar-refractivity contribution is 0.0501. The molecule has 28 heavy (non-hydrogen) atoms. The zero-order valence-corrected chi connectivity index (χ0v) is 16.8. The number of ether oxygens (including phenoxy) is 3. The molecule has 8 nitrogen and oxygen atoms in total. The lowest BCUT2D eigenvalue weighted by atomic mass is 10.1. The Morgan fingerprint density at radius 3 is 2.61 bits per heavy atom. The minimum atomic E-state index is -0.304. The van der Waals surface area contributed by atoms with Crippen LogP contribution in [0.15, 0.2) is 35.6 Å². The second kappa shape index (κ2) is 10.3. The number of carbonyl (C=O) groups excluding carboxylic acids is 1. The average Bonchev–Trinajstić information content (AvgIpc) is 2.71. The molecular weight excluding hydrogens is 380 g/mol. The van der Waals surface area contributed by atoms with Gasteiger partial charge in [0.2, 0.25) is 0 Å². The summed E-state index contributed by atoms with van der Waals surface area (Å²) < 4.78 is 15.9. The summed E-state index contributed by atoms with van der Waals surface area (Å²) in [5.41, 5.74) is 1.39. The molecule has 1 aromatic carbocycles. The van der Waals surface area contributed by atoms with E-state index in [4.69, 9.17) is 19.5 Å². The SMILES string of the molecule is COCOc1cc(C)cc(OC)c1C(=O)/C=C(/Nc1cnc(C#N)cn1)SC. The summed E-state index contributed by atoms with van der Waals surface area (Å²) in [7, 11) is 3.00. The van der Waals surface area contributed by atoms with Crippen LogP contribution in [0.25, 0.3) is 0 Å². The highest BCUT2D eigenvalue weighted by Crippen LogP contribution is 2.32. The molecule has 1 heterocycles. The van der Waals surface area contributed by atoms with Gasteiger partial charge in [0.05, 0.1) is 24.5 Å². The van der Waals surface area contributed by atoms with Crippen LogP contribution in [-0.2, 0) is 4.74 Å². The first-order chi connectivity index (χ1) is 13.5. The highest BCUT2D eigenvalue weighted by atomic mass is 32.2. The molecule has 0 bridgehead atoms. The Kier molecular flexibility index (Phi) is 7.80. The number of nitrogens with zero attached hydrogens (tertiary/aromatic N) is 3. The molecule has 0 amide bonds. The smallest absolute Gasteiger partial charge is 0.195 e. The quantitative estimate of drug-likeness (QED) is 0.386. The van der Waals surface area contributed by atoms with E-state index in [0.29, 0.717) is 27.9 Å². The summed E-state index contributed by atoms with van der Waals surface area (Å²) in [5.74, 6) is 0.894. The first-order valence-electron chi connectivity index (χ1n) is 8.12. The molecule has 0 aliphatic heterocycles. The van der Waals surface area contributed by atoms with Crippen LogP contribution in [0.3, 0.4) is 0 Å². The molecule has 1 aromatic heterocycles. The minimum absolute atomic E-state index is 0.00503. The summed E-state index contributed by atoms with van der Waals surface area (Å²) in [4.78, 5) is 21.0. The van der Waals surface area contributed by atoms with Crippen molar-refractivity contribution in [2.45, 2.75) is 6.92 Å². The first kappa shape index (κ1) is 21.2. The second-order valence-electron chi connectivity index (χ2n) is 5.49. The van der Waals surface area contributed by atoms with E-state index in [1.54, 1.807) is 12.1 Å². The van der Waals surface area contributed by atoms with Crippen molar-refractivity contribution in [2.75, 3.05) is 32.6 Å². The summed E-state index contributed by atoms with van der Waals surface area (Å²) in [6, 6.07) is 5.42. The number of aromatic nitrogens is 2. The van der Waals surface area contributed by atoms with Gasteiger partial charge in [-0.25, -0.2) is 9.97 Å². The largest absolute Gasteiger partial charge is 0.496 e. The lowest BCUT2D eigenvalue weighted by Gasteiger charge is -2.14. The number of nitrogens with one attached hydrogen (secondary N) is 1. The molecule has 1 N–H and O–H groups in total. The fourth-order valence-electron chi connectivity index (χ4n) is 2.27. The van der Waals surface area contributed by atoms with E-state index in [2.05, 4.69) is 15.3 Å². The molecule has 0 fully saturated rings. The van der Waals surface area contributed by atoms with Gasteiger partial charge < -0.3 is 19.5 Å². The van der Waals surface area contributed by atoms with Crippen LogP contribution in [0.1, 0.15) is 21.6 Å². The third kappa shape index (κ3) is 5.45. The number of thioether (sulfide) groups is 1. The Morgan fingerprint density at radius 2 is 2.04 bits per heavy atom. The molecule has 0 saturated carbocycles. The highest BCUT2D eigenvalue weighted by Gasteiger charge is 2.19. The normalized spacial score (nSPS) is 10.9. The van der Waals surface area contributed by atoms with Crippen LogP contribution in [-0.4, -0.2) is 43.0 Å². The molecule has 9 heteroatoms. The van der Waals surface area contributed by atoms with Gasteiger partial charge in [-0.05, 0) is 30.9 Å². The molecule has 0 aliphatic carbocycles. The minimum Gasteiger partial charge on any atom is -0.496 e. The van der Waals surface area contributed by atoms with Gasteiger partial charge in [0.15, 0.2) is 18.3 Å². The van der Waals surface area contributed by atoms with Gasteiger partial charge in [0.25, 0.3) is 0 Å². The molecule has 2 rings (SSSR count). The van der Waals surface area contributed by atoms with E-state index in [-0.39, 0.29) is 18.3 Å². The topological polar surface area (TPSA) is 106 Å². The molecule has 146 valence electrons. The predicted molar refractivity (Wildman–Crippen MR) is 107 cm³/mol. The number of ketones is 1. The fraction of sp³-hybridized carbons (Fsp3) is 0.263. The van der Waals surface area contributed by atoms with Crippen molar-refractivity contribution >= 4 is 23.4 Å². The van der Waals surface area contributed by atoms with Crippen molar-refractivity contribution in [2.24, 2.45) is 0 Å². The zero-order chi connectivity index (χ0) is 20.5. The third-order valence-corrected chi connectivity index (χ3v) is 4.17. The van der Waals surface area contributed by atoms with E-state index in [0.717, 1.165) is 5.56 Å². The Balaban J connectivity index is 2.35. The first-order valence-corrected chi connectivity index (χ1v) is 9.34. The Morgan fingerprint density at radius 1 is 1.29 bits per heavy atom. The summed E-state index contributed by atoms with van der Waals surface area (Å²) >= 11 is 1.33. The van der Waals surface area contributed by atoms with Gasteiger partial charge in [-0.1, -0.05) is 0 Å². The van der Waals surface area contributed by atoms with Crippen molar-refractivity contribution in [1.29, 1.82) is 5.26 Å². The molecule has 0 aliphatic rings. The summed E-state index contributed by atoms with van der Waals surface area (Å²) in [6.45, 7) is 1.88. The van der Waals surface area contributed by atoms with Gasteiger partial charge >= 0.3 is 0 Å². The molecule has 0 spiro atoms. The van der Waals surface area contributed by atoms with Crippen LogP contribution in [0.4, 0.5) is 5.82 Å². The fourth-order valence-corrected chi connectivity index (χ4v) is 2.71. The maximum absolute atomic E-state index is 13.0. The Bertz CT molecular complexity index is 907. The predicted octanol–water partition coefficient (Wildman–Crippen LogP) is 3.15. The van der Waals surface area contributed by atoms with E-state index >= 15 is 0 Å². The molecule has 0 atom stereocenters. The van der Waals surface area contributed by atoms with E-state index in [9.17, 15) is 4.79 Å². The summed E-state index contributed by atoms with van der Waals surface area (Å²) in [6.07, 6.45) is 6.02. The number of hydrogen-bond donors (Lipinski definition) is 1. The number of hydrogen-bond acceptors (Lipinski definition) is 9. The second-order valence-corrected chi connectivity index (χ2v) is 6.34. The van der Waals surface area contributed by atoms with Gasteiger partial charge in [-0.3, -0.25) is 4.79 Å². The van der Waals surface area contributed by atoms with Crippen LogP contribution >= 0.6 is 11.8 Å². The van der Waals surface area contributed by atoms with Crippen LogP contribution in [0.2, 0.25) is 0 Å².